The van der Waals surface area contributed by atoms with Gasteiger partial charge < -0.3 is 62.0 Å². The minimum atomic E-state index is -5.53. The highest BCUT2D eigenvalue weighted by atomic mass is 31.2. The molecule has 0 saturated carbocycles. The lowest BCUT2D eigenvalue weighted by Crippen LogP contribution is -2.49. The highest BCUT2D eigenvalue weighted by Crippen LogP contribution is 2.53. The molecule has 6 aromatic heterocycles. The van der Waals surface area contributed by atoms with Crippen LogP contribution < -0.4 is 22.9 Å². The van der Waals surface area contributed by atoms with E-state index in [1.54, 1.807) is 0 Å². The van der Waals surface area contributed by atoms with E-state index in [9.17, 15) is 34.0 Å². The highest BCUT2D eigenvalue weighted by molar-refractivity contribution is 7.47. The van der Waals surface area contributed by atoms with Gasteiger partial charge in [0.25, 0.3) is 0 Å². The van der Waals surface area contributed by atoms with Crippen LogP contribution in [0.4, 0.5) is 17.5 Å². The average molecular weight is 867 g/mol. The van der Waals surface area contributed by atoms with Crippen LogP contribution in [0.15, 0.2) is 38.0 Å². The Hall–Kier alpha value is -4.97. The number of aliphatic hydroxyl groups is 2. The summed E-state index contributed by atoms with van der Waals surface area (Å²) in [5.41, 5.74) is 24.7. The Morgan fingerprint density at radius 3 is 1.88 bits per heavy atom. The van der Waals surface area contributed by atoms with Crippen LogP contribution in [-0.2, 0) is 43.6 Å². The van der Waals surface area contributed by atoms with E-state index in [-0.39, 0.29) is 59.7 Å². The van der Waals surface area contributed by atoms with Gasteiger partial charge in [0, 0.05) is 6.54 Å². The summed E-state index contributed by atoms with van der Waals surface area (Å²) in [6.07, 6.45) is -6.48. The molecule has 0 aliphatic carbocycles. The number of nitrogens with two attached hydrogens (primary N) is 4. The summed E-state index contributed by atoms with van der Waals surface area (Å²) < 4.78 is 64.0. The molecule has 0 amide bonds. The van der Waals surface area contributed by atoms with E-state index in [0.29, 0.717) is 11.2 Å². The number of hydrogen-bond donors (Lipinski definition) is 9. The molecular formula is C28H36N16O13P2. The topological polar surface area (TPSA) is 426 Å². The molecule has 0 bridgehead atoms. The minimum Gasteiger partial charge on any atom is -0.390 e. The lowest BCUT2D eigenvalue weighted by molar-refractivity contribution is -0.122. The Balaban J connectivity index is 1.09. The summed E-state index contributed by atoms with van der Waals surface area (Å²) in [5, 5.41) is 23.6. The van der Waals surface area contributed by atoms with Crippen molar-refractivity contribution in [1.82, 2.24) is 58.6 Å². The van der Waals surface area contributed by atoms with Crippen molar-refractivity contribution in [2.24, 2.45) is 11.7 Å². The summed E-state index contributed by atoms with van der Waals surface area (Å²) in [7, 11) is -10.7. The van der Waals surface area contributed by atoms with Gasteiger partial charge in [-0.25, -0.2) is 54.0 Å². The zero-order valence-electron chi connectivity index (χ0n) is 30.1. The second kappa shape index (κ2) is 15.9. The molecule has 59 heavy (non-hydrogen) atoms. The zero-order chi connectivity index (χ0) is 41.8. The van der Waals surface area contributed by atoms with Gasteiger partial charge in [-0.05, 0) is 0 Å². The number of nitrogens with zero attached hydrogens (tertiary/aromatic N) is 12. The molecule has 8 rings (SSSR count). The van der Waals surface area contributed by atoms with Gasteiger partial charge in [0.15, 0.2) is 40.6 Å². The summed E-state index contributed by atoms with van der Waals surface area (Å²) in [4.78, 5) is 68.0. The van der Waals surface area contributed by atoms with E-state index < -0.39 is 77.2 Å². The quantitative estimate of drug-likeness (QED) is 0.0374. The Kier molecular flexibility index (Phi) is 11.0. The average Bonchev–Trinajstić information content (AvgIpc) is 4.02. The van der Waals surface area contributed by atoms with Crippen molar-refractivity contribution in [3.8, 4) is 0 Å². The van der Waals surface area contributed by atoms with Crippen LogP contribution >= 0.6 is 15.6 Å². The molecule has 2 fully saturated rings. The molecule has 2 aliphatic rings. The number of hydrogen-bond acceptors (Lipinski definition) is 23. The summed E-state index contributed by atoms with van der Waals surface area (Å²) in [5.74, 6) is -1.44. The van der Waals surface area contributed by atoms with Gasteiger partial charge in [0.05, 0.1) is 50.3 Å². The SMILES string of the molecule is NCC1OC(n2cnc3c(N)ncnc32)C(C(OP(=O)(O)O)C2OC(n3cnc4c(N)ncnc43)C(OP(=O)(O)OCCOCn3cnc4c(N)ncnc43)C2O)C1O. The van der Waals surface area contributed by atoms with E-state index in [0.717, 1.165) is 19.0 Å². The van der Waals surface area contributed by atoms with Crippen LogP contribution in [-0.4, -0.2) is 140 Å². The number of aliphatic hydroxyl groups excluding tert-OH is 2. The first-order chi connectivity index (χ1) is 28.2. The Morgan fingerprint density at radius 1 is 0.729 bits per heavy atom. The third kappa shape index (κ3) is 7.80. The van der Waals surface area contributed by atoms with Gasteiger partial charge in [-0.1, -0.05) is 0 Å². The van der Waals surface area contributed by atoms with Crippen molar-refractivity contribution in [2.75, 3.05) is 37.0 Å². The number of aromatic nitrogens is 12. The second-order valence-corrected chi connectivity index (χ2v) is 15.7. The molecule has 10 unspecified atom stereocenters. The third-order valence-corrected chi connectivity index (χ3v) is 11.1. The van der Waals surface area contributed by atoms with Gasteiger partial charge in [0.2, 0.25) is 0 Å². The van der Waals surface area contributed by atoms with Gasteiger partial charge in [-0.15, -0.1) is 0 Å². The number of rotatable bonds is 15. The summed E-state index contributed by atoms with van der Waals surface area (Å²) in [6.45, 7) is -1.17. The van der Waals surface area contributed by atoms with Crippen molar-refractivity contribution < 1.29 is 61.8 Å². The molecule has 0 aromatic carbocycles. The zero-order valence-corrected chi connectivity index (χ0v) is 31.8. The predicted molar refractivity (Wildman–Crippen MR) is 195 cm³/mol. The molecular weight excluding hydrogens is 830 g/mol. The first kappa shape index (κ1) is 40.8. The smallest absolute Gasteiger partial charge is 0.390 e. The lowest BCUT2D eigenvalue weighted by atomic mass is 9.88. The molecule has 2 saturated heterocycles. The maximum atomic E-state index is 13.5. The van der Waals surface area contributed by atoms with Crippen LogP contribution in [0.1, 0.15) is 12.5 Å². The number of ether oxygens (including phenoxy) is 3. The van der Waals surface area contributed by atoms with E-state index in [4.69, 9.17) is 50.7 Å². The number of phosphoric ester groups is 2. The summed E-state index contributed by atoms with van der Waals surface area (Å²) in [6, 6.07) is 0. The molecule has 13 N–H and O–H groups in total. The third-order valence-electron chi connectivity index (χ3n) is 9.58. The van der Waals surface area contributed by atoms with Gasteiger partial charge >= 0.3 is 15.6 Å². The fraction of sp³-hybridized carbons (Fsp3) is 0.464. The van der Waals surface area contributed by atoms with E-state index >= 15 is 0 Å². The maximum absolute atomic E-state index is 13.5. The molecule has 31 heteroatoms. The minimum absolute atomic E-state index is 0.00464. The van der Waals surface area contributed by atoms with E-state index in [1.165, 1.54) is 32.7 Å². The Morgan fingerprint density at radius 2 is 1.29 bits per heavy atom. The van der Waals surface area contributed by atoms with Crippen LogP contribution in [0.2, 0.25) is 0 Å². The molecule has 8 heterocycles. The van der Waals surface area contributed by atoms with Crippen LogP contribution in [0.3, 0.4) is 0 Å². The van der Waals surface area contributed by atoms with Crippen molar-refractivity contribution in [3.05, 3.63) is 38.0 Å². The van der Waals surface area contributed by atoms with E-state index in [1.807, 2.05) is 0 Å². The first-order valence-electron chi connectivity index (χ1n) is 17.3. The highest BCUT2D eigenvalue weighted by Gasteiger charge is 2.59. The largest absolute Gasteiger partial charge is 0.472 e. The number of fused-ring (bicyclic) bond motifs is 3. The van der Waals surface area contributed by atoms with Crippen LogP contribution in [0.5, 0.6) is 0 Å². The maximum Gasteiger partial charge on any atom is 0.472 e. The molecule has 2 aliphatic heterocycles. The van der Waals surface area contributed by atoms with Crippen molar-refractivity contribution >= 4 is 66.6 Å². The Labute approximate surface area is 329 Å². The molecule has 0 spiro atoms. The molecule has 0 radical (unpaired) electrons. The molecule has 10 atom stereocenters. The number of anilines is 3. The van der Waals surface area contributed by atoms with E-state index in [2.05, 4.69) is 44.9 Å². The number of nitrogen functional groups attached to an aromatic ring is 3. The molecule has 316 valence electrons. The first-order valence-corrected chi connectivity index (χ1v) is 20.3. The normalized spacial score (nSPS) is 26.6. The van der Waals surface area contributed by atoms with Crippen molar-refractivity contribution in [1.29, 1.82) is 0 Å². The van der Waals surface area contributed by atoms with Gasteiger partial charge in [0.1, 0.15) is 72.9 Å². The summed E-state index contributed by atoms with van der Waals surface area (Å²) >= 11 is 0. The van der Waals surface area contributed by atoms with Crippen LogP contribution in [0, 0.1) is 5.92 Å². The predicted octanol–water partition coefficient (Wildman–Crippen LogP) is -2.70. The van der Waals surface area contributed by atoms with Gasteiger partial charge in [-0.2, -0.15) is 0 Å². The number of phosphoric acid groups is 2. The lowest BCUT2D eigenvalue weighted by Gasteiger charge is -2.34. The monoisotopic (exact) mass is 866 g/mol. The standard InChI is InChI=1S/C28H36N16O13P2/c29-3-11-16(45)12(27(54-11)43-8-40-14-22(31)34-5-37-25(14)43)18(56-58(47,48)49)19-17(46)20(28(55-19)44-9-41-15-23(32)35-6-38-26(15)44)57-59(50,51)53-2-1-52-10-42-7-39-13-21(30)33-4-36-24(13)42/h4-9,11-12,16-20,27-28,45-46H,1-3,10,29H2,(H,50,51)(H2,30,33,36)(H2,31,34,37)(H2,32,35,38)(H2,47,48,49). The van der Waals surface area contributed by atoms with Crippen molar-refractivity contribution in [2.45, 2.75) is 55.8 Å². The molecule has 6 aromatic rings. The second-order valence-electron chi connectivity index (χ2n) is 13.1. The Bertz CT molecular complexity index is 2570. The fourth-order valence-corrected chi connectivity index (χ4v) is 8.51. The molecule has 29 nitrogen and oxygen atoms in total. The fourth-order valence-electron chi connectivity index (χ4n) is 7.03. The van der Waals surface area contributed by atoms with Crippen LogP contribution in [0.25, 0.3) is 33.5 Å². The number of imidazole rings is 3. The van der Waals surface area contributed by atoms with Crippen molar-refractivity contribution in [3.63, 3.8) is 0 Å². The van der Waals surface area contributed by atoms with Gasteiger partial charge in [-0.3, -0.25) is 27.3 Å².